The second kappa shape index (κ2) is 9.57. The molecule has 0 radical (unpaired) electrons. The molecule has 0 atom stereocenters. The Hall–Kier alpha value is -3.14. The summed E-state index contributed by atoms with van der Waals surface area (Å²) >= 11 is 0. The molecule has 0 aromatic heterocycles. The van der Waals surface area contributed by atoms with E-state index >= 15 is 0 Å². The van der Waals surface area contributed by atoms with Crippen molar-refractivity contribution in [2.24, 2.45) is 0 Å². The second-order valence-electron chi connectivity index (χ2n) is 7.87. The highest BCUT2D eigenvalue weighted by Crippen LogP contribution is 2.27. The summed E-state index contributed by atoms with van der Waals surface area (Å²) in [7, 11) is 0. The van der Waals surface area contributed by atoms with E-state index in [-0.39, 0.29) is 30.9 Å². The van der Waals surface area contributed by atoms with Gasteiger partial charge in [-0.2, -0.15) is 0 Å². The van der Waals surface area contributed by atoms with Gasteiger partial charge in [0.05, 0.1) is 6.42 Å². The lowest BCUT2D eigenvalue weighted by atomic mass is 9.93. The number of hydrogen-bond donors (Lipinski definition) is 0. The number of carbonyl (C=O) groups is 2. The molecule has 30 heavy (non-hydrogen) atoms. The fourth-order valence-electron chi connectivity index (χ4n) is 4.35. The molecule has 1 aliphatic rings. The van der Waals surface area contributed by atoms with Crippen LogP contribution in [-0.4, -0.2) is 24.5 Å². The molecule has 1 amide bonds. The number of benzene rings is 3. The van der Waals surface area contributed by atoms with Crippen LogP contribution in [0.4, 0.5) is 5.69 Å². The summed E-state index contributed by atoms with van der Waals surface area (Å²) in [6, 6.07) is 23.7. The first kappa shape index (κ1) is 20.1. The van der Waals surface area contributed by atoms with Crippen molar-refractivity contribution in [2.75, 3.05) is 11.5 Å². The zero-order chi connectivity index (χ0) is 20.8. The van der Waals surface area contributed by atoms with Crippen molar-refractivity contribution >= 4 is 28.3 Å². The van der Waals surface area contributed by atoms with Crippen LogP contribution in [-0.2, 0) is 20.7 Å². The first-order valence-electron chi connectivity index (χ1n) is 10.7. The standard InChI is InChI=1S/C26H27NO3/c28-25(27(22-13-3-1-4-14-22)23-15-5-2-6-16-23)19-30-26(29)18-21-12-9-11-20-10-7-8-17-24(20)21/h1,3-4,7-14,17,23H,2,5-6,15-16,18-19H2. The van der Waals surface area contributed by atoms with Crippen molar-refractivity contribution in [3.63, 3.8) is 0 Å². The number of fused-ring (bicyclic) bond motifs is 1. The minimum atomic E-state index is -0.378. The van der Waals surface area contributed by atoms with Crippen LogP contribution in [0.15, 0.2) is 72.8 Å². The van der Waals surface area contributed by atoms with Gasteiger partial charge in [-0.25, -0.2) is 0 Å². The first-order valence-corrected chi connectivity index (χ1v) is 10.7. The van der Waals surface area contributed by atoms with Gasteiger partial charge in [0, 0.05) is 11.7 Å². The van der Waals surface area contributed by atoms with Gasteiger partial charge in [-0.15, -0.1) is 0 Å². The summed E-state index contributed by atoms with van der Waals surface area (Å²) < 4.78 is 5.42. The largest absolute Gasteiger partial charge is 0.455 e. The summed E-state index contributed by atoms with van der Waals surface area (Å²) in [5.74, 6) is -0.532. The summed E-state index contributed by atoms with van der Waals surface area (Å²) in [6.07, 6.45) is 5.61. The van der Waals surface area contributed by atoms with Crippen molar-refractivity contribution in [1.82, 2.24) is 0 Å². The van der Waals surface area contributed by atoms with Crippen LogP contribution in [0, 0.1) is 0 Å². The van der Waals surface area contributed by atoms with Crippen molar-refractivity contribution in [3.05, 3.63) is 78.4 Å². The monoisotopic (exact) mass is 401 g/mol. The minimum Gasteiger partial charge on any atom is -0.455 e. The van der Waals surface area contributed by atoms with Crippen LogP contribution in [0.25, 0.3) is 10.8 Å². The Kier molecular flexibility index (Phi) is 6.43. The number of esters is 1. The van der Waals surface area contributed by atoms with E-state index in [1.54, 1.807) is 0 Å². The Labute approximate surface area is 177 Å². The highest BCUT2D eigenvalue weighted by Gasteiger charge is 2.27. The average Bonchev–Trinajstić information content (AvgIpc) is 2.80. The molecule has 0 spiro atoms. The maximum Gasteiger partial charge on any atom is 0.310 e. The summed E-state index contributed by atoms with van der Waals surface area (Å²) in [4.78, 5) is 27.4. The smallest absolute Gasteiger partial charge is 0.310 e. The molecule has 1 saturated carbocycles. The third kappa shape index (κ3) is 4.70. The van der Waals surface area contributed by atoms with Gasteiger partial charge < -0.3 is 9.64 Å². The Morgan fingerprint density at radius 3 is 2.33 bits per heavy atom. The number of rotatable bonds is 6. The van der Waals surface area contributed by atoms with Crippen LogP contribution >= 0.6 is 0 Å². The van der Waals surface area contributed by atoms with Crippen LogP contribution in [0.1, 0.15) is 37.7 Å². The molecule has 0 N–H and O–H groups in total. The van der Waals surface area contributed by atoms with Crippen LogP contribution in [0.2, 0.25) is 0 Å². The summed E-state index contributed by atoms with van der Waals surface area (Å²) in [5.41, 5.74) is 1.79. The van der Waals surface area contributed by atoms with E-state index in [4.69, 9.17) is 4.74 Å². The normalized spacial score (nSPS) is 14.4. The Bertz CT molecular complexity index is 1000. The number of para-hydroxylation sites is 1. The van der Waals surface area contributed by atoms with Gasteiger partial charge in [0.25, 0.3) is 5.91 Å². The molecule has 0 saturated heterocycles. The lowest BCUT2D eigenvalue weighted by molar-refractivity contribution is -0.147. The lowest BCUT2D eigenvalue weighted by Gasteiger charge is -2.34. The van der Waals surface area contributed by atoms with E-state index in [1.807, 2.05) is 77.7 Å². The van der Waals surface area contributed by atoms with E-state index < -0.39 is 0 Å². The van der Waals surface area contributed by atoms with Crippen molar-refractivity contribution in [1.29, 1.82) is 0 Å². The predicted octanol–water partition coefficient (Wildman–Crippen LogP) is 5.29. The molecule has 4 rings (SSSR count). The number of carbonyl (C=O) groups excluding carboxylic acids is 2. The fourth-order valence-corrected chi connectivity index (χ4v) is 4.35. The quantitative estimate of drug-likeness (QED) is 0.527. The van der Waals surface area contributed by atoms with Gasteiger partial charge in [0.15, 0.2) is 6.61 Å². The average molecular weight is 402 g/mol. The maximum absolute atomic E-state index is 13.1. The topological polar surface area (TPSA) is 46.6 Å². The minimum absolute atomic E-state index is 0.153. The van der Waals surface area contributed by atoms with Gasteiger partial charge in [-0.1, -0.05) is 79.9 Å². The second-order valence-corrected chi connectivity index (χ2v) is 7.87. The highest BCUT2D eigenvalue weighted by molar-refractivity contribution is 5.96. The maximum atomic E-state index is 13.1. The molecule has 1 aliphatic carbocycles. The van der Waals surface area contributed by atoms with Crippen LogP contribution in [0.5, 0.6) is 0 Å². The molecule has 0 bridgehead atoms. The van der Waals surface area contributed by atoms with Gasteiger partial charge >= 0.3 is 5.97 Å². The first-order chi connectivity index (χ1) is 14.7. The Balaban J connectivity index is 1.43. The molecular formula is C26H27NO3. The number of nitrogens with zero attached hydrogens (tertiary/aromatic N) is 1. The van der Waals surface area contributed by atoms with Crippen LogP contribution < -0.4 is 4.90 Å². The Morgan fingerprint density at radius 2 is 1.53 bits per heavy atom. The zero-order valence-corrected chi connectivity index (χ0v) is 17.1. The third-order valence-electron chi connectivity index (χ3n) is 5.81. The fraction of sp³-hybridized carbons (Fsp3) is 0.308. The van der Waals surface area contributed by atoms with E-state index in [0.717, 1.165) is 47.7 Å². The predicted molar refractivity (Wildman–Crippen MR) is 119 cm³/mol. The molecule has 154 valence electrons. The third-order valence-corrected chi connectivity index (χ3v) is 5.81. The van der Waals surface area contributed by atoms with E-state index in [1.165, 1.54) is 6.42 Å². The molecule has 3 aromatic rings. The van der Waals surface area contributed by atoms with Gasteiger partial charge in [-0.05, 0) is 41.3 Å². The van der Waals surface area contributed by atoms with Gasteiger partial charge in [0.1, 0.15) is 0 Å². The lowest BCUT2D eigenvalue weighted by Crippen LogP contribution is -2.44. The number of hydrogen-bond acceptors (Lipinski definition) is 3. The highest BCUT2D eigenvalue weighted by atomic mass is 16.5. The molecule has 0 aliphatic heterocycles. The van der Waals surface area contributed by atoms with E-state index in [2.05, 4.69) is 0 Å². The molecule has 0 unspecified atom stereocenters. The summed E-state index contributed by atoms with van der Waals surface area (Å²) in [6.45, 7) is -0.227. The van der Waals surface area contributed by atoms with E-state index in [9.17, 15) is 9.59 Å². The molecule has 0 heterocycles. The number of ether oxygens (including phenoxy) is 1. The number of anilines is 1. The SMILES string of the molecule is O=C(Cc1cccc2ccccc12)OCC(=O)N(c1ccccc1)C1CCCCC1. The molecule has 1 fully saturated rings. The van der Waals surface area contributed by atoms with Gasteiger partial charge in [-0.3, -0.25) is 9.59 Å². The summed E-state index contributed by atoms with van der Waals surface area (Å²) in [5, 5.41) is 2.13. The molecule has 3 aromatic carbocycles. The molecule has 4 nitrogen and oxygen atoms in total. The zero-order valence-electron chi connectivity index (χ0n) is 17.1. The van der Waals surface area contributed by atoms with Gasteiger partial charge in [0.2, 0.25) is 0 Å². The van der Waals surface area contributed by atoms with E-state index in [0.29, 0.717) is 0 Å². The van der Waals surface area contributed by atoms with Crippen molar-refractivity contribution in [3.8, 4) is 0 Å². The molecular weight excluding hydrogens is 374 g/mol. The Morgan fingerprint density at radius 1 is 0.833 bits per heavy atom. The van der Waals surface area contributed by atoms with Crippen molar-refractivity contribution < 1.29 is 14.3 Å². The number of amides is 1. The van der Waals surface area contributed by atoms with Crippen LogP contribution in [0.3, 0.4) is 0 Å². The molecule has 4 heteroatoms. The van der Waals surface area contributed by atoms with Crippen molar-refractivity contribution in [2.45, 2.75) is 44.6 Å².